The molecule has 5 nitrogen and oxygen atoms in total. The summed E-state index contributed by atoms with van der Waals surface area (Å²) in [5, 5.41) is 6.36. The second kappa shape index (κ2) is 9.52. The Kier molecular flexibility index (Phi) is 6.58. The number of aryl methyl sites for hydroxylation is 1. The summed E-state index contributed by atoms with van der Waals surface area (Å²) < 4.78 is 0. The maximum Gasteiger partial charge on any atom is 0.246 e. The molecule has 2 aromatic carbocycles. The van der Waals surface area contributed by atoms with E-state index in [1.165, 1.54) is 30.6 Å². The van der Waals surface area contributed by atoms with Crippen molar-refractivity contribution in [1.82, 2.24) is 4.90 Å². The van der Waals surface area contributed by atoms with E-state index in [1.54, 1.807) is 0 Å². The van der Waals surface area contributed by atoms with Gasteiger partial charge in [-0.25, -0.2) is 0 Å². The standard InChI is InChI=1S/C25H34N4O/c1-3-20-9-11-22(12-10-20)27-25(30)19(2)26-23-5-4-6-24(17-23)29-15-13-28(14-16-29)18-21-7-8-21/h4-6,9-12,17,19,21,26H,3,7-8,13-16,18H2,1-2H3,(H,27,30). The molecule has 0 bridgehead atoms. The Balaban J connectivity index is 1.30. The van der Waals surface area contributed by atoms with Gasteiger partial charge >= 0.3 is 0 Å². The van der Waals surface area contributed by atoms with Crippen LogP contribution < -0.4 is 15.5 Å². The third-order valence-corrected chi connectivity index (χ3v) is 6.20. The van der Waals surface area contributed by atoms with Crippen LogP contribution in [0, 0.1) is 5.92 Å². The van der Waals surface area contributed by atoms with Crippen LogP contribution in [0.3, 0.4) is 0 Å². The molecule has 2 aliphatic rings. The molecule has 1 saturated heterocycles. The fourth-order valence-electron chi connectivity index (χ4n) is 4.04. The fraction of sp³-hybridized carbons (Fsp3) is 0.480. The highest BCUT2D eigenvalue weighted by Gasteiger charge is 2.26. The predicted octanol–water partition coefficient (Wildman–Crippen LogP) is 4.22. The van der Waals surface area contributed by atoms with E-state index in [0.717, 1.165) is 49.9 Å². The first kappa shape index (κ1) is 20.7. The fourth-order valence-corrected chi connectivity index (χ4v) is 4.04. The Hall–Kier alpha value is -2.53. The maximum atomic E-state index is 12.6. The molecule has 1 aliphatic carbocycles. The minimum absolute atomic E-state index is 0.0293. The molecule has 1 heterocycles. The van der Waals surface area contributed by atoms with E-state index in [4.69, 9.17) is 0 Å². The molecule has 0 spiro atoms. The maximum absolute atomic E-state index is 12.6. The molecule has 1 saturated carbocycles. The Labute approximate surface area is 180 Å². The van der Waals surface area contributed by atoms with Gasteiger partial charge < -0.3 is 15.5 Å². The Morgan fingerprint density at radius 3 is 2.43 bits per heavy atom. The Morgan fingerprint density at radius 2 is 1.77 bits per heavy atom. The van der Waals surface area contributed by atoms with E-state index in [-0.39, 0.29) is 11.9 Å². The number of nitrogens with one attached hydrogen (secondary N) is 2. The van der Waals surface area contributed by atoms with Crippen molar-refractivity contribution in [2.24, 2.45) is 5.92 Å². The number of carbonyl (C=O) groups is 1. The zero-order valence-electron chi connectivity index (χ0n) is 18.2. The van der Waals surface area contributed by atoms with Gasteiger partial charge in [0.2, 0.25) is 5.91 Å². The number of piperazine rings is 1. The first-order chi connectivity index (χ1) is 14.6. The van der Waals surface area contributed by atoms with Crippen LogP contribution in [0.2, 0.25) is 0 Å². The quantitative estimate of drug-likeness (QED) is 0.689. The molecule has 5 heteroatoms. The van der Waals surface area contributed by atoms with Gasteiger partial charge in [-0.15, -0.1) is 0 Å². The van der Waals surface area contributed by atoms with Crippen LogP contribution in [-0.4, -0.2) is 49.6 Å². The molecule has 1 unspecified atom stereocenters. The van der Waals surface area contributed by atoms with Crippen molar-refractivity contribution in [3.8, 4) is 0 Å². The van der Waals surface area contributed by atoms with Crippen molar-refractivity contribution < 1.29 is 4.79 Å². The monoisotopic (exact) mass is 406 g/mol. The summed E-state index contributed by atoms with van der Waals surface area (Å²) >= 11 is 0. The second-order valence-corrected chi connectivity index (χ2v) is 8.69. The number of benzene rings is 2. The molecule has 0 radical (unpaired) electrons. The van der Waals surface area contributed by atoms with Gasteiger partial charge in [-0.05, 0) is 68.0 Å². The van der Waals surface area contributed by atoms with Gasteiger partial charge in [0.15, 0.2) is 0 Å². The lowest BCUT2D eigenvalue weighted by Gasteiger charge is -2.36. The molecule has 160 valence electrons. The lowest BCUT2D eigenvalue weighted by atomic mass is 10.1. The van der Waals surface area contributed by atoms with Gasteiger partial charge in [0.05, 0.1) is 0 Å². The van der Waals surface area contributed by atoms with Gasteiger partial charge in [0.1, 0.15) is 6.04 Å². The molecule has 1 atom stereocenters. The van der Waals surface area contributed by atoms with Crippen LogP contribution in [0.25, 0.3) is 0 Å². The van der Waals surface area contributed by atoms with Gasteiger partial charge in [0.25, 0.3) is 0 Å². The summed E-state index contributed by atoms with van der Waals surface area (Å²) in [6.07, 6.45) is 3.84. The van der Waals surface area contributed by atoms with Gasteiger partial charge in [-0.1, -0.05) is 25.1 Å². The van der Waals surface area contributed by atoms with Crippen LogP contribution >= 0.6 is 0 Å². The smallest absolute Gasteiger partial charge is 0.246 e. The SMILES string of the molecule is CCc1ccc(NC(=O)C(C)Nc2cccc(N3CCN(CC4CC4)CC3)c2)cc1. The summed E-state index contributed by atoms with van der Waals surface area (Å²) in [6, 6.07) is 16.2. The molecule has 2 fully saturated rings. The van der Waals surface area contributed by atoms with E-state index in [9.17, 15) is 4.79 Å². The first-order valence-corrected chi connectivity index (χ1v) is 11.3. The number of nitrogens with zero attached hydrogens (tertiary/aromatic N) is 2. The Morgan fingerprint density at radius 1 is 1.03 bits per heavy atom. The van der Waals surface area contributed by atoms with Gasteiger partial charge in [-0.3, -0.25) is 9.69 Å². The van der Waals surface area contributed by atoms with Gasteiger partial charge in [0, 0.05) is 49.8 Å². The number of anilines is 3. The van der Waals surface area contributed by atoms with Crippen molar-refractivity contribution in [2.45, 2.75) is 39.2 Å². The third-order valence-electron chi connectivity index (χ3n) is 6.20. The summed E-state index contributed by atoms with van der Waals surface area (Å²) in [5.41, 5.74) is 4.32. The zero-order chi connectivity index (χ0) is 20.9. The average molecular weight is 407 g/mol. The Bertz CT molecular complexity index is 838. The molecule has 1 amide bonds. The summed E-state index contributed by atoms with van der Waals surface area (Å²) in [5.74, 6) is 0.930. The van der Waals surface area contributed by atoms with Crippen molar-refractivity contribution >= 4 is 23.0 Å². The predicted molar refractivity (Wildman–Crippen MR) is 125 cm³/mol. The van der Waals surface area contributed by atoms with Crippen LogP contribution in [0.15, 0.2) is 48.5 Å². The van der Waals surface area contributed by atoms with E-state index in [0.29, 0.717) is 0 Å². The van der Waals surface area contributed by atoms with Gasteiger partial charge in [-0.2, -0.15) is 0 Å². The summed E-state index contributed by atoms with van der Waals surface area (Å²) in [6.45, 7) is 9.73. The van der Waals surface area contributed by atoms with Crippen LogP contribution in [-0.2, 0) is 11.2 Å². The molecule has 30 heavy (non-hydrogen) atoms. The number of rotatable bonds is 8. The lowest BCUT2D eigenvalue weighted by Crippen LogP contribution is -2.47. The summed E-state index contributed by atoms with van der Waals surface area (Å²) in [7, 11) is 0. The highest BCUT2D eigenvalue weighted by atomic mass is 16.2. The molecule has 4 rings (SSSR count). The number of hydrogen-bond donors (Lipinski definition) is 2. The minimum atomic E-state index is -0.318. The molecule has 0 aromatic heterocycles. The molecular weight excluding hydrogens is 372 g/mol. The minimum Gasteiger partial charge on any atom is -0.374 e. The van der Waals surface area contributed by atoms with E-state index in [1.807, 2.05) is 25.1 Å². The molecule has 1 aliphatic heterocycles. The van der Waals surface area contributed by atoms with E-state index >= 15 is 0 Å². The molecule has 2 aromatic rings. The highest BCUT2D eigenvalue weighted by Crippen LogP contribution is 2.30. The summed E-state index contributed by atoms with van der Waals surface area (Å²) in [4.78, 5) is 17.7. The van der Waals surface area contributed by atoms with Crippen molar-refractivity contribution in [3.05, 3.63) is 54.1 Å². The average Bonchev–Trinajstić information content (AvgIpc) is 3.59. The van der Waals surface area contributed by atoms with Crippen LogP contribution in [0.1, 0.15) is 32.3 Å². The second-order valence-electron chi connectivity index (χ2n) is 8.69. The number of hydrogen-bond acceptors (Lipinski definition) is 4. The highest BCUT2D eigenvalue weighted by molar-refractivity contribution is 5.96. The van der Waals surface area contributed by atoms with Crippen LogP contribution in [0.5, 0.6) is 0 Å². The van der Waals surface area contributed by atoms with Crippen molar-refractivity contribution in [2.75, 3.05) is 48.3 Å². The van der Waals surface area contributed by atoms with E-state index < -0.39 is 0 Å². The topological polar surface area (TPSA) is 47.6 Å². The number of amides is 1. The molecular formula is C25H34N4O. The molecule has 2 N–H and O–H groups in total. The van der Waals surface area contributed by atoms with Crippen molar-refractivity contribution in [3.63, 3.8) is 0 Å². The van der Waals surface area contributed by atoms with Crippen LogP contribution in [0.4, 0.5) is 17.1 Å². The number of carbonyl (C=O) groups excluding carboxylic acids is 1. The first-order valence-electron chi connectivity index (χ1n) is 11.3. The third kappa shape index (κ3) is 5.54. The van der Waals surface area contributed by atoms with Crippen molar-refractivity contribution in [1.29, 1.82) is 0 Å². The lowest BCUT2D eigenvalue weighted by molar-refractivity contribution is -0.116. The zero-order valence-corrected chi connectivity index (χ0v) is 18.2. The van der Waals surface area contributed by atoms with E-state index in [2.05, 4.69) is 57.7 Å². The largest absolute Gasteiger partial charge is 0.374 e. The normalized spacial score (nSPS) is 18.1.